The Morgan fingerprint density at radius 2 is 2.14 bits per heavy atom. The predicted octanol–water partition coefficient (Wildman–Crippen LogP) is 3.32. The number of hydrogen-bond acceptors (Lipinski definition) is 4. The molecule has 0 unspecified atom stereocenters. The van der Waals surface area contributed by atoms with Crippen LogP contribution < -0.4 is 10.2 Å². The number of benzene rings is 1. The minimum Gasteiger partial charge on any atom is -0.366 e. The molecule has 0 radical (unpaired) electrons. The molecule has 0 bridgehead atoms. The lowest BCUT2D eigenvalue weighted by atomic mass is 9.97. The first-order chi connectivity index (χ1) is 10.0. The van der Waals surface area contributed by atoms with E-state index in [2.05, 4.69) is 21.2 Å². The Hall–Kier alpha value is -1.21. The first-order valence-corrected chi connectivity index (χ1v) is 7.91. The van der Waals surface area contributed by atoms with E-state index in [4.69, 9.17) is 0 Å². The Morgan fingerprint density at radius 3 is 2.71 bits per heavy atom. The summed E-state index contributed by atoms with van der Waals surface area (Å²) in [7, 11) is 0. The average Bonchev–Trinajstić information content (AvgIpc) is 2.48. The van der Waals surface area contributed by atoms with Crippen molar-refractivity contribution in [2.45, 2.75) is 19.8 Å². The van der Waals surface area contributed by atoms with Gasteiger partial charge in [-0.15, -0.1) is 0 Å². The fraction of sp³-hybridized carbons (Fsp3) is 0.571. The van der Waals surface area contributed by atoms with Gasteiger partial charge in [0.05, 0.1) is 15.5 Å². The quantitative estimate of drug-likeness (QED) is 0.647. The summed E-state index contributed by atoms with van der Waals surface area (Å²) in [6.07, 6.45) is 2.12. The van der Waals surface area contributed by atoms with Crippen molar-refractivity contribution in [1.29, 1.82) is 0 Å². The molecule has 0 atom stereocenters. The highest BCUT2D eigenvalue weighted by Gasteiger charge is 2.24. The first-order valence-electron chi connectivity index (χ1n) is 7.12. The van der Waals surface area contributed by atoms with Gasteiger partial charge in [-0.25, -0.2) is 4.39 Å². The van der Waals surface area contributed by atoms with Gasteiger partial charge in [0.1, 0.15) is 11.5 Å². The molecule has 5 nitrogen and oxygen atoms in total. The maximum absolute atomic E-state index is 13.6. The van der Waals surface area contributed by atoms with Crippen molar-refractivity contribution in [1.82, 2.24) is 5.32 Å². The van der Waals surface area contributed by atoms with Crippen molar-refractivity contribution in [3.63, 3.8) is 0 Å². The number of nitrogens with zero attached hydrogens (tertiary/aromatic N) is 2. The topological polar surface area (TPSA) is 58.4 Å². The van der Waals surface area contributed by atoms with E-state index in [1.54, 1.807) is 0 Å². The summed E-state index contributed by atoms with van der Waals surface area (Å²) in [6.45, 7) is 5.34. The Bertz CT molecular complexity index is 521. The lowest BCUT2D eigenvalue weighted by Crippen LogP contribution is -2.36. The molecular formula is C14H19BrFN3O2. The highest BCUT2D eigenvalue weighted by Crippen LogP contribution is 2.34. The van der Waals surface area contributed by atoms with E-state index in [1.807, 2.05) is 11.8 Å². The average molecular weight is 360 g/mol. The normalized spacial score (nSPS) is 16.0. The lowest BCUT2D eigenvalue weighted by Gasteiger charge is -2.30. The van der Waals surface area contributed by atoms with E-state index in [1.165, 1.54) is 6.07 Å². The van der Waals surface area contributed by atoms with Crippen LogP contribution >= 0.6 is 15.9 Å². The lowest BCUT2D eigenvalue weighted by molar-refractivity contribution is -0.384. The highest BCUT2D eigenvalue weighted by molar-refractivity contribution is 9.10. The van der Waals surface area contributed by atoms with Gasteiger partial charge >= 0.3 is 0 Å². The van der Waals surface area contributed by atoms with Crippen LogP contribution in [0.25, 0.3) is 0 Å². The van der Waals surface area contributed by atoms with Crippen LogP contribution in [-0.2, 0) is 0 Å². The summed E-state index contributed by atoms with van der Waals surface area (Å²) in [5.74, 6) is -0.0991. The summed E-state index contributed by atoms with van der Waals surface area (Å²) < 4.78 is 13.8. The van der Waals surface area contributed by atoms with Crippen LogP contribution in [0.3, 0.4) is 0 Å². The molecule has 1 aromatic carbocycles. The maximum Gasteiger partial charge on any atom is 0.295 e. The number of rotatable bonds is 5. The maximum atomic E-state index is 13.6. The van der Waals surface area contributed by atoms with Crippen molar-refractivity contribution in [2.24, 2.45) is 5.92 Å². The minimum absolute atomic E-state index is 0.175. The van der Waals surface area contributed by atoms with Gasteiger partial charge in [0.15, 0.2) is 0 Å². The van der Waals surface area contributed by atoms with E-state index < -0.39 is 10.7 Å². The zero-order chi connectivity index (χ0) is 15.4. The van der Waals surface area contributed by atoms with Crippen LogP contribution in [0.4, 0.5) is 15.8 Å². The van der Waals surface area contributed by atoms with Gasteiger partial charge in [-0.2, -0.15) is 0 Å². The summed E-state index contributed by atoms with van der Waals surface area (Å²) in [6, 6.07) is 2.50. The largest absolute Gasteiger partial charge is 0.366 e. The molecule has 0 aliphatic carbocycles. The van der Waals surface area contributed by atoms with Crippen molar-refractivity contribution in [2.75, 3.05) is 31.1 Å². The molecule has 0 aromatic heterocycles. The van der Waals surface area contributed by atoms with Crippen LogP contribution in [0.15, 0.2) is 16.6 Å². The smallest absolute Gasteiger partial charge is 0.295 e. The zero-order valence-electron chi connectivity index (χ0n) is 11.9. The molecule has 7 heteroatoms. The number of hydrogen-bond donors (Lipinski definition) is 1. The number of halogens is 2. The van der Waals surface area contributed by atoms with E-state index in [0.717, 1.165) is 38.5 Å². The zero-order valence-corrected chi connectivity index (χ0v) is 13.5. The number of nitro benzene ring substituents is 1. The van der Waals surface area contributed by atoms with Gasteiger partial charge in [-0.3, -0.25) is 10.1 Å². The molecule has 0 saturated carbocycles. The second-order valence-electron chi connectivity index (χ2n) is 5.24. The first kappa shape index (κ1) is 16.2. The molecule has 0 amide bonds. The van der Waals surface area contributed by atoms with E-state index >= 15 is 0 Å². The number of nitro groups is 1. The highest BCUT2D eigenvalue weighted by atomic mass is 79.9. The summed E-state index contributed by atoms with van der Waals surface area (Å²) in [5, 5.41) is 14.5. The molecule has 1 aromatic rings. The Balaban J connectivity index is 2.27. The Labute approximate surface area is 131 Å². The third-order valence-electron chi connectivity index (χ3n) is 3.87. The van der Waals surface area contributed by atoms with Gasteiger partial charge in [0, 0.05) is 13.1 Å². The van der Waals surface area contributed by atoms with E-state index in [9.17, 15) is 14.5 Å². The fourth-order valence-electron chi connectivity index (χ4n) is 2.70. The Morgan fingerprint density at radius 1 is 1.48 bits per heavy atom. The number of piperidine rings is 1. The second-order valence-corrected chi connectivity index (χ2v) is 6.10. The third-order valence-corrected chi connectivity index (χ3v) is 4.48. The molecule has 1 aliphatic heterocycles. The SMILES string of the molecule is CCN(CC1CCNCC1)c1cc(Br)c(F)cc1[N+](=O)[O-]. The molecular weight excluding hydrogens is 341 g/mol. The standard InChI is InChI=1S/C14H19BrFN3O2/c1-2-18(9-10-3-5-17-6-4-10)13-7-11(15)12(16)8-14(13)19(20)21/h7-8,10,17H,2-6,9H2,1H3. The van der Waals surface area contributed by atoms with Crippen LogP contribution in [0.1, 0.15) is 19.8 Å². The van der Waals surface area contributed by atoms with Gasteiger partial charge in [0.25, 0.3) is 5.69 Å². The molecule has 1 heterocycles. The summed E-state index contributed by atoms with van der Waals surface area (Å²) in [4.78, 5) is 12.6. The molecule has 1 fully saturated rings. The van der Waals surface area contributed by atoms with Crippen LogP contribution in [0.5, 0.6) is 0 Å². The molecule has 1 saturated heterocycles. The van der Waals surface area contributed by atoms with Crippen molar-refractivity contribution >= 4 is 27.3 Å². The molecule has 1 N–H and O–H groups in total. The second kappa shape index (κ2) is 7.17. The van der Waals surface area contributed by atoms with Crippen LogP contribution in [0, 0.1) is 21.8 Å². The van der Waals surface area contributed by atoms with E-state index in [-0.39, 0.29) is 10.2 Å². The number of nitrogens with one attached hydrogen (secondary N) is 1. The third kappa shape index (κ3) is 3.91. The van der Waals surface area contributed by atoms with Crippen LogP contribution in [-0.4, -0.2) is 31.1 Å². The number of anilines is 1. The van der Waals surface area contributed by atoms with Gasteiger partial charge in [-0.05, 0) is 60.8 Å². The monoisotopic (exact) mass is 359 g/mol. The molecule has 2 rings (SSSR count). The van der Waals surface area contributed by atoms with Gasteiger partial charge in [-0.1, -0.05) is 0 Å². The Kier molecular flexibility index (Phi) is 5.52. The van der Waals surface area contributed by atoms with E-state index in [0.29, 0.717) is 18.2 Å². The minimum atomic E-state index is -0.608. The molecule has 116 valence electrons. The van der Waals surface area contributed by atoms with Gasteiger partial charge < -0.3 is 10.2 Å². The fourth-order valence-corrected chi connectivity index (χ4v) is 3.03. The molecule has 1 aliphatic rings. The van der Waals surface area contributed by atoms with Crippen molar-refractivity contribution < 1.29 is 9.31 Å². The summed E-state index contributed by atoms with van der Waals surface area (Å²) >= 11 is 3.12. The molecule has 0 spiro atoms. The summed E-state index contributed by atoms with van der Waals surface area (Å²) in [5.41, 5.74) is 0.306. The van der Waals surface area contributed by atoms with Crippen LogP contribution in [0.2, 0.25) is 0 Å². The molecule has 21 heavy (non-hydrogen) atoms. The van der Waals surface area contributed by atoms with Crippen molar-refractivity contribution in [3.8, 4) is 0 Å². The van der Waals surface area contributed by atoms with Gasteiger partial charge in [0.2, 0.25) is 0 Å². The van der Waals surface area contributed by atoms with Crippen molar-refractivity contribution in [3.05, 3.63) is 32.5 Å². The predicted molar refractivity (Wildman–Crippen MR) is 84.2 cm³/mol.